The molecule has 1 N–H and O–H groups in total. The molecule has 3 rings (SSSR count). The molecule has 0 fully saturated rings. The number of aromatic nitrogens is 2. The Morgan fingerprint density at radius 3 is 2.77 bits per heavy atom. The van der Waals surface area contributed by atoms with Gasteiger partial charge in [-0.1, -0.05) is 31.2 Å². The van der Waals surface area contributed by atoms with Crippen LogP contribution in [0.2, 0.25) is 0 Å². The Balaban J connectivity index is 1.90. The van der Waals surface area contributed by atoms with E-state index < -0.39 is 0 Å². The number of aryl methyl sites for hydroxylation is 2. The van der Waals surface area contributed by atoms with Gasteiger partial charge in [0.2, 0.25) is 0 Å². The second-order valence-electron chi connectivity index (χ2n) is 5.31. The molecule has 1 aromatic carbocycles. The van der Waals surface area contributed by atoms with Crippen LogP contribution in [0.3, 0.4) is 0 Å². The molecule has 0 bridgehead atoms. The van der Waals surface area contributed by atoms with Crippen LogP contribution in [0, 0.1) is 6.92 Å². The number of hydrogen-bond acceptors (Lipinski definition) is 3. The molecule has 2 aromatic heterocycles. The Labute approximate surface area is 129 Å². The first-order chi connectivity index (χ1) is 10.7. The zero-order chi connectivity index (χ0) is 15.5. The molecule has 4 heteroatoms. The molecule has 112 valence electrons. The summed E-state index contributed by atoms with van der Waals surface area (Å²) in [6.45, 7) is 4.58. The third-order valence-corrected chi connectivity index (χ3v) is 3.79. The van der Waals surface area contributed by atoms with E-state index in [2.05, 4.69) is 29.4 Å². The quantitative estimate of drug-likeness (QED) is 0.803. The normalized spacial score (nSPS) is 10.8. The number of benzene rings is 1. The number of rotatable bonds is 4. The van der Waals surface area contributed by atoms with Crippen molar-refractivity contribution < 1.29 is 0 Å². The average molecular weight is 293 g/mol. The minimum absolute atomic E-state index is 0.0383. The van der Waals surface area contributed by atoms with E-state index in [-0.39, 0.29) is 5.56 Å². The first-order valence-electron chi connectivity index (χ1n) is 7.49. The van der Waals surface area contributed by atoms with Crippen molar-refractivity contribution in [3.8, 4) is 0 Å². The number of nitrogens with zero attached hydrogens (tertiary/aromatic N) is 2. The third kappa shape index (κ3) is 2.72. The van der Waals surface area contributed by atoms with Crippen LogP contribution in [-0.4, -0.2) is 9.38 Å². The van der Waals surface area contributed by atoms with E-state index in [1.165, 1.54) is 5.56 Å². The van der Waals surface area contributed by atoms with Gasteiger partial charge < -0.3 is 5.32 Å². The maximum Gasteiger partial charge on any atom is 0.258 e. The number of pyridine rings is 1. The molecule has 0 amide bonds. The van der Waals surface area contributed by atoms with Crippen molar-refractivity contribution in [2.24, 2.45) is 0 Å². The molecule has 4 nitrogen and oxygen atoms in total. The molecule has 0 aliphatic carbocycles. The standard InChI is InChI=1S/C18H19N3O/c1-3-14-8-4-5-9-16(14)19-12-15-11-18(22)21-13(2)7-6-10-17(21)20-15/h4-11,19H,3,12H2,1-2H3. The number of nitrogens with one attached hydrogen (secondary N) is 1. The minimum atomic E-state index is -0.0383. The van der Waals surface area contributed by atoms with Crippen molar-refractivity contribution in [3.05, 3.63) is 75.8 Å². The SMILES string of the molecule is CCc1ccccc1NCc1cc(=O)n2c(C)cccc2n1. The van der Waals surface area contributed by atoms with Gasteiger partial charge in [-0.2, -0.15) is 0 Å². The topological polar surface area (TPSA) is 46.4 Å². The van der Waals surface area contributed by atoms with E-state index in [4.69, 9.17) is 0 Å². The second kappa shape index (κ2) is 6.02. The lowest BCUT2D eigenvalue weighted by Gasteiger charge is -2.11. The molecule has 0 radical (unpaired) electrons. The van der Waals surface area contributed by atoms with Gasteiger partial charge in [0.25, 0.3) is 5.56 Å². The van der Waals surface area contributed by atoms with Gasteiger partial charge in [-0.15, -0.1) is 0 Å². The van der Waals surface area contributed by atoms with Gasteiger partial charge in [0.1, 0.15) is 5.65 Å². The molecular weight excluding hydrogens is 274 g/mol. The van der Waals surface area contributed by atoms with E-state index in [0.717, 1.165) is 23.5 Å². The van der Waals surface area contributed by atoms with Crippen LogP contribution >= 0.6 is 0 Å². The van der Waals surface area contributed by atoms with Gasteiger partial charge in [-0.25, -0.2) is 4.98 Å². The molecule has 0 aliphatic rings. The molecule has 0 spiro atoms. The van der Waals surface area contributed by atoms with Gasteiger partial charge in [-0.3, -0.25) is 9.20 Å². The van der Waals surface area contributed by atoms with Crippen molar-refractivity contribution in [1.82, 2.24) is 9.38 Å². The smallest absolute Gasteiger partial charge is 0.258 e. The summed E-state index contributed by atoms with van der Waals surface area (Å²) in [6, 6.07) is 15.5. The number of hydrogen-bond donors (Lipinski definition) is 1. The zero-order valence-electron chi connectivity index (χ0n) is 12.8. The highest BCUT2D eigenvalue weighted by Crippen LogP contribution is 2.16. The van der Waals surface area contributed by atoms with Crippen LogP contribution < -0.4 is 10.9 Å². The summed E-state index contributed by atoms with van der Waals surface area (Å²) in [6.07, 6.45) is 0.968. The summed E-state index contributed by atoms with van der Waals surface area (Å²) < 4.78 is 1.63. The fourth-order valence-corrected chi connectivity index (χ4v) is 2.64. The van der Waals surface area contributed by atoms with Crippen molar-refractivity contribution >= 4 is 11.3 Å². The fourth-order valence-electron chi connectivity index (χ4n) is 2.64. The summed E-state index contributed by atoms with van der Waals surface area (Å²) in [5.41, 5.74) is 4.65. The fraction of sp³-hybridized carbons (Fsp3) is 0.222. The summed E-state index contributed by atoms with van der Waals surface area (Å²) in [4.78, 5) is 16.8. The zero-order valence-corrected chi connectivity index (χ0v) is 12.8. The van der Waals surface area contributed by atoms with Gasteiger partial charge in [0.15, 0.2) is 0 Å². The molecule has 0 saturated carbocycles. The Hall–Kier alpha value is -2.62. The van der Waals surface area contributed by atoms with E-state index in [0.29, 0.717) is 12.2 Å². The molecule has 2 heterocycles. The molecule has 22 heavy (non-hydrogen) atoms. The maximum atomic E-state index is 12.2. The van der Waals surface area contributed by atoms with Crippen LogP contribution in [-0.2, 0) is 13.0 Å². The van der Waals surface area contributed by atoms with E-state index in [9.17, 15) is 4.79 Å². The lowest BCUT2D eigenvalue weighted by Crippen LogP contribution is -2.18. The summed E-state index contributed by atoms with van der Waals surface area (Å²) in [7, 11) is 0. The van der Waals surface area contributed by atoms with Crippen molar-refractivity contribution in [3.63, 3.8) is 0 Å². The average Bonchev–Trinajstić information content (AvgIpc) is 2.53. The molecule has 3 aromatic rings. The van der Waals surface area contributed by atoms with Crippen LogP contribution in [0.15, 0.2) is 53.3 Å². The van der Waals surface area contributed by atoms with E-state index in [1.807, 2.05) is 37.3 Å². The highest BCUT2D eigenvalue weighted by Gasteiger charge is 2.05. The van der Waals surface area contributed by atoms with Crippen LogP contribution in [0.25, 0.3) is 5.65 Å². The van der Waals surface area contributed by atoms with E-state index in [1.54, 1.807) is 10.5 Å². The predicted molar refractivity (Wildman–Crippen MR) is 89.3 cm³/mol. The third-order valence-electron chi connectivity index (χ3n) is 3.79. The Morgan fingerprint density at radius 1 is 1.14 bits per heavy atom. The number of para-hydroxylation sites is 1. The van der Waals surface area contributed by atoms with Crippen LogP contribution in [0.5, 0.6) is 0 Å². The lowest BCUT2D eigenvalue weighted by atomic mass is 10.1. The molecule has 0 saturated heterocycles. The minimum Gasteiger partial charge on any atom is -0.379 e. The summed E-state index contributed by atoms with van der Waals surface area (Å²) in [5, 5.41) is 3.38. The summed E-state index contributed by atoms with van der Waals surface area (Å²) in [5.74, 6) is 0. The van der Waals surface area contributed by atoms with Gasteiger partial charge in [0.05, 0.1) is 12.2 Å². The highest BCUT2D eigenvalue weighted by atomic mass is 16.1. The second-order valence-corrected chi connectivity index (χ2v) is 5.31. The van der Waals surface area contributed by atoms with Crippen molar-refractivity contribution in [2.75, 3.05) is 5.32 Å². The summed E-state index contributed by atoms with van der Waals surface area (Å²) >= 11 is 0. The van der Waals surface area contributed by atoms with Crippen molar-refractivity contribution in [2.45, 2.75) is 26.8 Å². The lowest BCUT2D eigenvalue weighted by molar-refractivity contribution is 0.941. The maximum absolute atomic E-state index is 12.2. The first-order valence-corrected chi connectivity index (χ1v) is 7.49. The molecule has 0 atom stereocenters. The molecule has 0 aliphatic heterocycles. The van der Waals surface area contributed by atoms with Gasteiger partial charge in [-0.05, 0) is 37.1 Å². The Bertz CT molecular complexity index is 868. The van der Waals surface area contributed by atoms with Gasteiger partial charge >= 0.3 is 0 Å². The number of fused-ring (bicyclic) bond motifs is 1. The monoisotopic (exact) mass is 293 g/mol. The van der Waals surface area contributed by atoms with E-state index >= 15 is 0 Å². The largest absolute Gasteiger partial charge is 0.379 e. The predicted octanol–water partition coefficient (Wildman–Crippen LogP) is 3.18. The first kappa shape index (κ1) is 14.3. The van der Waals surface area contributed by atoms with Crippen LogP contribution in [0.1, 0.15) is 23.9 Å². The Morgan fingerprint density at radius 2 is 1.95 bits per heavy atom. The Kier molecular flexibility index (Phi) is 3.92. The van der Waals surface area contributed by atoms with Crippen molar-refractivity contribution in [1.29, 1.82) is 0 Å². The van der Waals surface area contributed by atoms with Crippen LogP contribution in [0.4, 0.5) is 5.69 Å². The molecule has 0 unspecified atom stereocenters. The van der Waals surface area contributed by atoms with Gasteiger partial charge in [0, 0.05) is 17.4 Å². The number of anilines is 1. The molecular formula is C18H19N3O. The highest BCUT2D eigenvalue weighted by molar-refractivity contribution is 5.51.